The predicted molar refractivity (Wildman–Crippen MR) is 320 cm³/mol. The van der Waals surface area contributed by atoms with Crippen molar-refractivity contribution in [1.29, 1.82) is 0 Å². The van der Waals surface area contributed by atoms with Gasteiger partial charge in [-0.25, -0.2) is 0 Å². The second kappa shape index (κ2) is 17.3. The van der Waals surface area contributed by atoms with E-state index in [2.05, 4.69) is 299 Å². The predicted octanol–water partition coefficient (Wildman–Crippen LogP) is 14.6. The molecule has 0 atom stereocenters. The molecule has 0 aliphatic carbocycles. The van der Waals surface area contributed by atoms with Gasteiger partial charge in [-0.05, 0) is 115 Å². The van der Waals surface area contributed by atoms with Gasteiger partial charge in [-0.3, -0.25) is 0 Å². The average Bonchev–Trinajstić information content (AvgIpc) is 3.47. The van der Waals surface area contributed by atoms with E-state index in [1.54, 1.807) is 0 Å². The monoisotopic (exact) mass is 969 g/mol. The first-order valence-electron chi connectivity index (χ1n) is 26.3. The normalized spacial score (nSPS) is 13.9. The molecule has 358 valence electrons. The SMILES string of the molecule is CC(C)(C)c1ccc(-c2ccccc2N2c3cc(N(c4ccccc4)c4ccccc4)cc4c3B3c5c2cccc5[Si](C)(c2ccccc2)c2cccc(c23)N4c2ccccc2-c2ccc(C(C)(C)C)cc2)cc1. The highest BCUT2D eigenvalue weighted by Crippen LogP contribution is 2.51. The van der Waals surface area contributed by atoms with Gasteiger partial charge >= 0.3 is 0 Å². The van der Waals surface area contributed by atoms with Gasteiger partial charge in [0.1, 0.15) is 8.07 Å². The number of nitrogens with zero attached hydrogens (tertiary/aromatic N) is 3. The Kier molecular flexibility index (Phi) is 10.7. The van der Waals surface area contributed by atoms with E-state index < -0.39 is 8.07 Å². The van der Waals surface area contributed by atoms with Crippen LogP contribution in [-0.2, 0) is 10.8 Å². The van der Waals surface area contributed by atoms with Crippen LogP contribution in [0.5, 0.6) is 0 Å². The van der Waals surface area contributed by atoms with Gasteiger partial charge in [-0.15, -0.1) is 0 Å². The Morgan fingerprint density at radius 3 is 1.15 bits per heavy atom. The molecule has 74 heavy (non-hydrogen) atoms. The molecule has 0 unspecified atom stereocenters. The van der Waals surface area contributed by atoms with Crippen molar-refractivity contribution in [2.75, 3.05) is 14.7 Å². The van der Waals surface area contributed by atoms with Crippen LogP contribution in [0.1, 0.15) is 52.7 Å². The zero-order chi connectivity index (χ0) is 50.5. The molecule has 0 bridgehead atoms. The lowest BCUT2D eigenvalue weighted by Gasteiger charge is -2.51. The molecule has 0 radical (unpaired) electrons. The molecule has 3 aliphatic heterocycles. The van der Waals surface area contributed by atoms with Crippen LogP contribution in [0.3, 0.4) is 0 Å². The van der Waals surface area contributed by atoms with E-state index in [0.717, 1.165) is 28.4 Å². The van der Waals surface area contributed by atoms with Crippen LogP contribution in [0.25, 0.3) is 22.3 Å². The smallest absolute Gasteiger partial charge is 0.251 e. The minimum atomic E-state index is -2.68. The van der Waals surface area contributed by atoms with Crippen LogP contribution in [0, 0.1) is 0 Å². The Balaban J connectivity index is 1.17. The number of hydrogen-bond acceptors (Lipinski definition) is 3. The maximum atomic E-state index is 2.65. The summed E-state index contributed by atoms with van der Waals surface area (Å²) < 4.78 is 0. The van der Waals surface area contributed by atoms with E-state index in [-0.39, 0.29) is 17.5 Å². The number of rotatable bonds is 8. The topological polar surface area (TPSA) is 9.72 Å². The van der Waals surface area contributed by atoms with Gasteiger partial charge in [0.25, 0.3) is 6.71 Å². The molecule has 0 aromatic heterocycles. The Morgan fingerprint density at radius 2 is 0.730 bits per heavy atom. The maximum Gasteiger partial charge on any atom is 0.251 e. The van der Waals surface area contributed by atoms with Crippen molar-refractivity contribution in [3.8, 4) is 22.3 Å². The van der Waals surface area contributed by atoms with Crippen LogP contribution in [0.4, 0.5) is 51.2 Å². The minimum Gasteiger partial charge on any atom is -0.311 e. The van der Waals surface area contributed by atoms with Gasteiger partial charge in [-0.2, -0.15) is 0 Å². The van der Waals surface area contributed by atoms with Crippen LogP contribution >= 0.6 is 0 Å². The summed E-state index contributed by atoms with van der Waals surface area (Å²) in [6.07, 6.45) is 0. The Labute approximate surface area is 439 Å². The lowest BCUT2D eigenvalue weighted by Crippen LogP contribution is -2.83. The van der Waals surface area contributed by atoms with E-state index in [0.29, 0.717) is 0 Å². The fraction of sp³-hybridized carbons (Fsp3) is 0.130. The third-order valence-electron chi connectivity index (χ3n) is 16.2. The quantitative estimate of drug-likeness (QED) is 0.141. The first-order chi connectivity index (χ1) is 35.9. The summed E-state index contributed by atoms with van der Waals surface area (Å²) in [5.41, 5.74) is 22.2. The van der Waals surface area contributed by atoms with Gasteiger partial charge in [-0.1, -0.05) is 234 Å². The summed E-state index contributed by atoms with van der Waals surface area (Å²) in [6.45, 7) is 16.4. The molecule has 10 aromatic rings. The largest absolute Gasteiger partial charge is 0.311 e. The first-order valence-corrected chi connectivity index (χ1v) is 28.8. The van der Waals surface area contributed by atoms with Gasteiger partial charge < -0.3 is 14.7 Å². The van der Waals surface area contributed by atoms with E-state index >= 15 is 0 Å². The van der Waals surface area contributed by atoms with Crippen molar-refractivity contribution in [3.05, 3.63) is 248 Å². The maximum absolute atomic E-state index is 2.68. The third-order valence-corrected chi connectivity index (χ3v) is 20.8. The van der Waals surface area contributed by atoms with E-state index in [9.17, 15) is 0 Å². The van der Waals surface area contributed by atoms with Crippen molar-refractivity contribution >= 4 is 97.9 Å². The van der Waals surface area contributed by atoms with Crippen molar-refractivity contribution in [1.82, 2.24) is 0 Å². The summed E-state index contributed by atoms with van der Waals surface area (Å²) in [5.74, 6) is 0. The Hall–Kier alpha value is -8.12. The van der Waals surface area contributed by atoms with Crippen LogP contribution < -0.4 is 46.6 Å². The van der Waals surface area contributed by atoms with Crippen LogP contribution in [0.2, 0.25) is 6.55 Å². The van der Waals surface area contributed by atoms with E-state index in [4.69, 9.17) is 0 Å². The first kappa shape index (κ1) is 45.7. The van der Waals surface area contributed by atoms with Crippen molar-refractivity contribution < 1.29 is 0 Å². The number of hydrogen-bond donors (Lipinski definition) is 0. The van der Waals surface area contributed by atoms with Crippen LogP contribution in [-0.4, -0.2) is 14.8 Å². The highest BCUT2D eigenvalue weighted by molar-refractivity contribution is 7.21. The molecule has 0 spiro atoms. The summed E-state index contributed by atoms with van der Waals surface area (Å²) in [4.78, 5) is 7.74. The van der Waals surface area contributed by atoms with Crippen molar-refractivity contribution in [2.24, 2.45) is 0 Å². The van der Waals surface area contributed by atoms with Gasteiger partial charge in [0.05, 0.1) is 17.1 Å². The minimum absolute atomic E-state index is 0.0124. The Morgan fingerprint density at radius 1 is 0.351 bits per heavy atom. The molecule has 5 heteroatoms. The summed E-state index contributed by atoms with van der Waals surface area (Å²) in [7, 11) is -2.68. The molecule has 3 aliphatic rings. The van der Waals surface area contributed by atoms with Gasteiger partial charge in [0.15, 0.2) is 0 Å². The van der Waals surface area contributed by atoms with E-state index in [1.165, 1.54) is 88.1 Å². The summed E-state index contributed by atoms with van der Waals surface area (Å²) in [6, 6.07) is 89.5. The molecule has 10 aromatic carbocycles. The summed E-state index contributed by atoms with van der Waals surface area (Å²) >= 11 is 0. The molecule has 0 saturated carbocycles. The van der Waals surface area contributed by atoms with E-state index in [1.807, 2.05) is 0 Å². The highest BCUT2D eigenvalue weighted by Gasteiger charge is 2.54. The molecular weight excluding hydrogens is 910 g/mol. The highest BCUT2D eigenvalue weighted by atomic mass is 28.3. The van der Waals surface area contributed by atoms with Crippen LogP contribution in [0.15, 0.2) is 237 Å². The fourth-order valence-corrected chi connectivity index (χ4v) is 16.8. The molecule has 3 heterocycles. The second-order valence-corrected chi connectivity index (χ2v) is 26.6. The number of anilines is 9. The Bertz CT molecular complexity index is 3540. The average molecular weight is 970 g/mol. The molecule has 0 amide bonds. The zero-order valence-corrected chi connectivity index (χ0v) is 44.4. The van der Waals surface area contributed by atoms with Crippen molar-refractivity contribution in [3.63, 3.8) is 0 Å². The second-order valence-electron chi connectivity index (χ2n) is 22.7. The fourth-order valence-electron chi connectivity index (χ4n) is 12.5. The summed E-state index contributed by atoms with van der Waals surface area (Å²) in [5, 5.41) is 4.39. The molecule has 0 N–H and O–H groups in total. The molecule has 0 fully saturated rings. The zero-order valence-electron chi connectivity index (χ0n) is 43.4. The molecule has 0 saturated heterocycles. The molecule has 3 nitrogen and oxygen atoms in total. The van der Waals surface area contributed by atoms with Gasteiger partial charge in [0, 0.05) is 45.3 Å². The molecular formula is C69H60BN3Si. The standard InChI is InChI=1S/C69H60BN3Si/c1-68(2,3)49-41-37-47(38-42-49)55-29-17-19-31-57(55)72-59-33-21-35-63-66(59)70-65-61(72)45-53(71(51-23-11-8-12-24-51)52-25-13-9-14-26-52)46-62(65)73(58-32-20-18-30-56(58)48-39-43-50(44-40-48)69(4,5)6)60-34-22-36-64(67(60)70)74(63,7)54-27-15-10-16-28-54/h8-46H,1-7H3. The number of para-hydroxylation sites is 4. The third kappa shape index (κ3) is 7.16. The van der Waals surface area contributed by atoms with Gasteiger partial charge in [0.2, 0.25) is 0 Å². The van der Waals surface area contributed by atoms with Crippen molar-refractivity contribution in [2.45, 2.75) is 58.9 Å². The molecule has 13 rings (SSSR count). The lowest BCUT2D eigenvalue weighted by molar-refractivity contribution is 0.590. The number of benzene rings is 10. The lowest BCUT2D eigenvalue weighted by atomic mass is 9.33.